The highest BCUT2D eigenvalue weighted by atomic mass is 19.1. The van der Waals surface area contributed by atoms with Gasteiger partial charge in [-0.1, -0.05) is 31.9 Å². The monoisotopic (exact) mass is 293 g/mol. The van der Waals surface area contributed by atoms with Crippen LogP contribution in [0.2, 0.25) is 0 Å². The molecule has 0 amide bonds. The summed E-state index contributed by atoms with van der Waals surface area (Å²) in [5, 5.41) is 3.39. The summed E-state index contributed by atoms with van der Waals surface area (Å²) >= 11 is 0. The van der Waals surface area contributed by atoms with Gasteiger partial charge in [0.15, 0.2) is 0 Å². The fourth-order valence-electron chi connectivity index (χ4n) is 3.83. The van der Waals surface area contributed by atoms with E-state index in [0.717, 1.165) is 18.4 Å². The number of aryl methyl sites for hydroxylation is 1. The minimum Gasteiger partial charge on any atom is -0.373 e. The Balaban J connectivity index is 2.37. The Labute approximate surface area is 128 Å². The minimum atomic E-state index is -0.219. The first-order chi connectivity index (χ1) is 10.0. The maximum atomic E-state index is 14.0. The van der Waals surface area contributed by atoms with Crippen LogP contribution in [0.15, 0.2) is 18.2 Å². The van der Waals surface area contributed by atoms with E-state index in [0.29, 0.717) is 18.1 Å². The van der Waals surface area contributed by atoms with Crippen molar-refractivity contribution in [3.05, 3.63) is 35.1 Å². The van der Waals surface area contributed by atoms with Crippen molar-refractivity contribution in [2.75, 3.05) is 13.7 Å². The van der Waals surface area contributed by atoms with Gasteiger partial charge in [-0.05, 0) is 56.8 Å². The van der Waals surface area contributed by atoms with Gasteiger partial charge in [-0.2, -0.15) is 0 Å². The van der Waals surface area contributed by atoms with Crippen LogP contribution in [-0.4, -0.2) is 19.3 Å². The fourth-order valence-corrected chi connectivity index (χ4v) is 3.83. The van der Waals surface area contributed by atoms with Crippen molar-refractivity contribution in [2.45, 2.75) is 58.1 Å². The normalized spacial score (nSPS) is 27.6. The standard InChI is InChI=1S/C18H28FNO/c1-5-21-18(10-6-7-13(2)12-18)17(20-4)15-9-8-14(3)16(19)11-15/h8-9,11,13,17,20H,5-7,10,12H2,1-4H3. The van der Waals surface area contributed by atoms with Crippen LogP contribution in [0.1, 0.15) is 56.7 Å². The van der Waals surface area contributed by atoms with Crippen LogP contribution >= 0.6 is 0 Å². The molecule has 1 aliphatic carbocycles. The molecule has 0 aliphatic heterocycles. The zero-order valence-corrected chi connectivity index (χ0v) is 13.7. The number of benzene rings is 1. The van der Waals surface area contributed by atoms with Crippen LogP contribution in [0.5, 0.6) is 0 Å². The van der Waals surface area contributed by atoms with Crippen molar-refractivity contribution >= 4 is 0 Å². The number of likely N-dealkylation sites (N-methyl/N-ethyl adjacent to an activating group) is 1. The molecule has 1 aromatic carbocycles. The molecule has 1 fully saturated rings. The van der Waals surface area contributed by atoms with Crippen LogP contribution in [-0.2, 0) is 4.74 Å². The summed E-state index contributed by atoms with van der Waals surface area (Å²) in [4.78, 5) is 0. The van der Waals surface area contributed by atoms with Crippen molar-refractivity contribution in [1.82, 2.24) is 5.32 Å². The van der Waals surface area contributed by atoms with E-state index >= 15 is 0 Å². The number of ether oxygens (including phenoxy) is 1. The second-order valence-electron chi connectivity index (χ2n) is 6.43. The average Bonchev–Trinajstić information content (AvgIpc) is 2.44. The maximum Gasteiger partial charge on any atom is 0.126 e. The third kappa shape index (κ3) is 3.46. The number of hydrogen-bond acceptors (Lipinski definition) is 2. The largest absolute Gasteiger partial charge is 0.373 e. The lowest BCUT2D eigenvalue weighted by atomic mass is 9.72. The Morgan fingerprint density at radius 1 is 1.48 bits per heavy atom. The molecule has 0 spiro atoms. The summed E-state index contributed by atoms with van der Waals surface area (Å²) < 4.78 is 20.2. The van der Waals surface area contributed by atoms with Crippen LogP contribution in [0.3, 0.4) is 0 Å². The Bertz CT molecular complexity index is 472. The second-order valence-corrected chi connectivity index (χ2v) is 6.43. The number of halogens is 1. The van der Waals surface area contributed by atoms with Crippen molar-refractivity contribution in [1.29, 1.82) is 0 Å². The van der Waals surface area contributed by atoms with Gasteiger partial charge in [-0.3, -0.25) is 0 Å². The number of hydrogen-bond donors (Lipinski definition) is 1. The average molecular weight is 293 g/mol. The molecule has 0 bridgehead atoms. The second kappa shape index (κ2) is 6.89. The molecule has 2 rings (SSSR count). The lowest BCUT2D eigenvalue weighted by Gasteiger charge is -2.45. The molecule has 21 heavy (non-hydrogen) atoms. The molecule has 0 saturated heterocycles. The Hall–Kier alpha value is -0.930. The molecule has 0 heterocycles. The molecule has 1 aromatic rings. The first kappa shape index (κ1) is 16.4. The molecule has 118 valence electrons. The van der Waals surface area contributed by atoms with E-state index in [1.807, 2.05) is 26.1 Å². The molecule has 3 atom stereocenters. The van der Waals surface area contributed by atoms with E-state index < -0.39 is 0 Å². The van der Waals surface area contributed by atoms with Gasteiger partial charge >= 0.3 is 0 Å². The van der Waals surface area contributed by atoms with Gasteiger partial charge in [0.25, 0.3) is 0 Å². The van der Waals surface area contributed by atoms with Gasteiger partial charge in [-0.25, -0.2) is 4.39 Å². The summed E-state index contributed by atoms with van der Waals surface area (Å²) in [5.74, 6) is 0.514. The van der Waals surface area contributed by atoms with E-state index in [-0.39, 0.29) is 17.5 Å². The zero-order chi connectivity index (χ0) is 15.5. The van der Waals surface area contributed by atoms with Crippen molar-refractivity contribution in [2.24, 2.45) is 5.92 Å². The summed E-state index contributed by atoms with van der Waals surface area (Å²) in [6, 6.07) is 5.59. The Morgan fingerprint density at radius 2 is 2.24 bits per heavy atom. The van der Waals surface area contributed by atoms with Crippen LogP contribution in [0.4, 0.5) is 4.39 Å². The predicted molar refractivity (Wildman–Crippen MR) is 84.9 cm³/mol. The fraction of sp³-hybridized carbons (Fsp3) is 0.667. The van der Waals surface area contributed by atoms with Crippen LogP contribution in [0.25, 0.3) is 0 Å². The van der Waals surface area contributed by atoms with Crippen LogP contribution < -0.4 is 5.32 Å². The summed E-state index contributed by atoms with van der Waals surface area (Å²) in [6.45, 7) is 6.83. The van der Waals surface area contributed by atoms with Gasteiger partial charge in [0.1, 0.15) is 5.82 Å². The van der Waals surface area contributed by atoms with E-state index in [1.54, 1.807) is 13.0 Å². The quantitative estimate of drug-likeness (QED) is 0.870. The summed E-state index contributed by atoms with van der Waals surface area (Å²) in [6.07, 6.45) is 4.50. The predicted octanol–water partition coefficient (Wildman–Crippen LogP) is 4.38. The highest BCUT2D eigenvalue weighted by molar-refractivity contribution is 5.28. The molecule has 1 aliphatic rings. The van der Waals surface area contributed by atoms with Gasteiger partial charge in [-0.15, -0.1) is 0 Å². The summed E-state index contributed by atoms with van der Waals surface area (Å²) in [7, 11) is 1.95. The Morgan fingerprint density at radius 3 is 2.81 bits per heavy atom. The smallest absolute Gasteiger partial charge is 0.126 e. The van der Waals surface area contributed by atoms with Crippen LogP contribution in [0, 0.1) is 18.7 Å². The van der Waals surface area contributed by atoms with E-state index in [1.165, 1.54) is 12.8 Å². The molecular formula is C18H28FNO. The van der Waals surface area contributed by atoms with Crippen molar-refractivity contribution in [3.63, 3.8) is 0 Å². The Kier molecular flexibility index (Phi) is 5.39. The first-order valence-electron chi connectivity index (χ1n) is 8.09. The van der Waals surface area contributed by atoms with Crippen molar-refractivity contribution in [3.8, 4) is 0 Å². The van der Waals surface area contributed by atoms with E-state index in [4.69, 9.17) is 4.74 Å². The van der Waals surface area contributed by atoms with Crippen molar-refractivity contribution < 1.29 is 9.13 Å². The minimum absolute atomic E-state index is 0.0373. The molecule has 0 aromatic heterocycles. The molecule has 3 unspecified atom stereocenters. The summed E-state index contributed by atoms with van der Waals surface area (Å²) in [5.41, 5.74) is 1.46. The van der Waals surface area contributed by atoms with Gasteiger partial charge in [0.05, 0.1) is 11.6 Å². The molecule has 3 heteroatoms. The SMILES string of the molecule is CCOC1(C(NC)c2ccc(C)c(F)c2)CCCC(C)C1. The number of rotatable bonds is 5. The topological polar surface area (TPSA) is 21.3 Å². The lowest BCUT2D eigenvalue weighted by Crippen LogP contribution is -2.48. The molecular weight excluding hydrogens is 265 g/mol. The van der Waals surface area contributed by atoms with Gasteiger partial charge < -0.3 is 10.1 Å². The molecule has 2 nitrogen and oxygen atoms in total. The number of nitrogens with one attached hydrogen (secondary N) is 1. The third-order valence-electron chi connectivity index (χ3n) is 4.77. The van der Waals surface area contributed by atoms with E-state index in [9.17, 15) is 4.39 Å². The molecule has 1 saturated carbocycles. The first-order valence-corrected chi connectivity index (χ1v) is 8.09. The maximum absolute atomic E-state index is 14.0. The van der Waals surface area contributed by atoms with E-state index in [2.05, 4.69) is 12.2 Å². The van der Waals surface area contributed by atoms with Gasteiger partial charge in [0, 0.05) is 6.61 Å². The molecule has 0 radical (unpaired) electrons. The van der Waals surface area contributed by atoms with Gasteiger partial charge in [0.2, 0.25) is 0 Å². The third-order valence-corrected chi connectivity index (χ3v) is 4.77. The molecule has 1 N–H and O–H groups in total. The lowest BCUT2D eigenvalue weighted by molar-refractivity contribution is -0.100. The highest BCUT2D eigenvalue weighted by Crippen LogP contribution is 2.43. The zero-order valence-electron chi connectivity index (χ0n) is 13.7. The highest BCUT2D eigenvalue weighted by Gasteiger charge is 2.42.